The van der Waals surface area contributed by atoms with Gasteiger partial charge in [-0.25, -0.2) is 0 Å². The van der Waals surface area contributed by atoms with E-state index in [9.17, 15) is 5.26 Å². The third-order valence-electron chi connectivity index (χ3n) is 10.1. The Hall–Kier alpha value is -5.59. The van der Waals surface area contributed by atoms with Crippen molar-refractivity contribution in [3.05, 3.63) is 144 Å². The van der Waals surface area contributed by atoms with Crippen LogP contribution < -0.4 is 0 Å². The Balaban J connectivity index is 1.46. The number of hydrogen-bond acceptors (Lipinski definition) is 1. The van der Waals surface area contributed by atoms with E-state index >= 15 is 0 Å². The fourth-order valence-electron chi connectivity index (χ4n) is 7.47. The first-order chi connectivity index (χ1) is 23.4. The second kappa shape index (κ2) is 11.0. The molecule has 8 rings (SSSR count). The zero-order valence-corrected chi connectivity index (χ0v) is 29.4. The zero-order valence-electron chi connectivity index (χ0n) is 29.4. The summed E-state index contributed by atoms with van der Waals surface area (Å²) in [6.45, 7) is 15.8. The van der Waals surface area contributed by atoms with Gasteiger partial charge < -0.3 is 9.13 Å². The van der Waals surface area contributed by atoms with Gasteiger partial charge in [-0.05, 0) is 89.5 Å². The summed E-state index contributed by atoms with van der Waals surface area (Å²) in [6, 6.07) is 46.6. The number of fused-ring (bicyclic) bond motifs is 6. The molecular formula is C46H41N3. The first kappa shape index (κ1) is 30.7. The second-order valence-corrected chi connectivity index (χ2v) is 15.5. The molecule has 240 valence electrons. The van der Waals surface area contributed by atoms with E-state index in [1.165, 1.54) is 49.3 Å². The lowest BCUT2D eigenvalue weighted by atomic mass is 9.86. The number of aryl methyl sites for hydroxylation is 1. The van der Waals surface area contributed by atoms with Crippen LogP contribution in [0.3, 0.4) is 0 Å². The van der Waals surface area contributed by atoms with Gasteiger partial charge in [0.15, 0.2) is 0 Å². The lowest BCUT2D eigenvalue weighted by molar-refractivity contribution is 0.591. The van der Waals surface area contributed by atoms with Crippen molar-refractivity contribution >= 4 is 43.6 Å². The average molecular weight is 636 g/mol. The van der Waals surface area contributed by atoms with Crippen LogP contribution in [0, 0.1) is 18.3 Å². The largest absolute Gasteiger partial charge is 0.309 e. The molecule has 0 N–H and O–H groups in total. The molecule has 0 bridgehead atoms. The highest BCUT2D eigenvalue weighted by Crippen LogP contribution is 2.42. The van der Waals surface area contributed by atoms with Crippen molar-refractivity contribution in [2.24, 2.45) is 0 Å². The fraction of sp³-hybridized carbons (Fsp3) is 0.196. The van der Waals surface area contributed by atoms with Crippen molar-refractivity contribution in [2.45, 2.75) is 59.3 Å². The molecule has 0 amide bonds. The molecular weight excluding hydrogens is 595 g/mol. The summed E-state index contributed by atoms with van der Waals surface area (Å²) < 4.78 is 4.79. The quantitative estimate of drug-likeness (QED) is 0.190. The molecule has 0 aliphatic carbocycles. The third-order valence-corrected chi connectivity index (χ3v) is 10.1. The van der Waals surface area contributed by atoms with Gasteiger partial charge in [0.25, 0.3) is 0 Å². The van der Waals surface area contributed by atoms with E-state index in [-0.39, 0.29) is 10.8 Å². The Labute approximate surface area is 288 Å². The fourth-order valence-corrected chi connectivity index (χ4v) is 7.47. The highest BCUT2D eigenvalue weighted by Gasteiger charge is 2.23. The van der Waals surface area contributed by atoms with E-state index in [0.717, 1.165) is 33.5 Å². The minimum absolute atomic E-state index is 0.0235. The van der Waals surface area contributed by atoms with Gasteiger partial charge in [-0.15, -0.1) is 0 Å². The van der Waals surface area contributed by atoms with E-state index in [4.69, 9.17) is 0 Å². The van der Waals surface area contributed by atoms with Crippen molar-refractivity contribution in [3.63, 3.8) is 0 Å². The van der Waals surface area contributed by atoms with Gasteiger partial charge in [-0.3, -0.25) is 0 Å². The van der Waals surface area contributed by atoms with Crippen LogP contribution in [0.25, 0.3) is 66.1 Å². The number of aromatic nitrogens is 2. The van der Waals surface area contributed by atoms with Crippen molar-refractivity contribution < 1.29 is 0 Å². The summed E-state index contributed by atoms with van der Waals surface area (Å²) in [5.41, 5.74) is 13.4. The van der Waals surface area contributed by atoms with Gasteiger partial charge in [0, 0.05) is 32.7 Å². The van der Waals surface area contributed by atoms with Gasteiger partial charge in [-0.2, -0.15) is 5.26 Å². The van der Waals surface area contributed by atoms with E-state index in [2.05, 4.69) is 179 Å². The van der Waals surface area contributed by atoms with Crippen LogP contribution in [-0.4, -0.2) is 9.13 Å². The van der Waals surface area contributed by atoms with E-state index in [1.54, 1.807) is 0 Å². The monoisotopic (exact) mass is 635 g/mol. The van der Waals surface area contributed by atoms with Crippen molar-refractivity contribution in [1.82, 2.24) is 9.13 Å². The molecule has 0 fully saturated rings. The molecule has 0 radical (unpaired) electrons. The Morgan fingerprint density at radius 1 is 0.469 bits per heavy atom. The molecule has 0 aliphatic rings. The van der Waals surface area contributed by atoms with Crippen LogP contribution in [0.4, 0.5) is 0 Å². The SMILES string of the molecule is Cc1ccc(-n2c3ccccc3c3cc(C(C)(C)C)ccc32)c(-c2ccc(C#N)cc2-n2c3ccccc3c3cc(C(C)(C)C)ccc32)c1. The lowest BCUT2D eigenvalue weighted by Gasteiger charge is -2.21. The van der Waals surface area contributed by atoms with Crippen molar-refractivity contribution in [2.75, 3.05) is 0 Å². The zero-order chi connectivity index (χ0) is 34.2. The maximum Gasteiger partial charge on any atom is 0.0992 e. The van der Waals surface area contributed by atoms with Crippen LogP contribution >= 0.6 is 0 Å². The Morgan fingerprint density at radius 3 is 1.51 bits per heavy atom. The van der Waals surface area contributed by atoms with Crippen molar-refractivity contribution in [1.29, 1.82) is 5.26 Å². The molecule has 2 heterocycles. The number of rotatable bonds is 3. The topological polar surface area (TPSA) is 33.6 Å². The molecule has 8 aromatic rings. The Bertz CT molecular complexity index is 2640. The number of para-hydroxylation sites is 2. The summed E-state index contributed by atoms with van der Waals surface area (Å²) >= 11 is 0. The second-order valence-electron chi connectivity index (χ2n) is 15.5. The number of hydrogen-bond donors (Lipinski definition) is 0. The molecule has 0 aliphatic heterocycles. The predicted octanol–water partition coefficient (Wildman–Crippen LogP) is 12.3. The van der Waals surface area contributed by atoms with Crippen molar-refractivity contribution in [3.8, 4) is 28.6 Å². The van der Waals surface area contributed by atoms with E-state index < -0.39 is 0 Å². The maximum atomic E-state index is 10.2. The van der Waals surface area contributed by atoms with Crippen LogP contribution in [0.15, 0.2) is 121 Å². The molecule has 6 aromatic carbocycles. The summed E-state index contributed by atoms with van der Waals surface area (Å²) in [6.07, 6.45) is 0. The smallest absolute Gasteiger partial charge is 0.0992 e. The van der Waals surface area contributed by atoms with Gasteiger partial charge in [0.2, 0.25) is 0 Å². The maximum absolute atomic E-state index is 10.2. The first-order valence-electron chi connectivity index (χ1n) is 17.2. The van der Waals surface area contributed by atoms with Gasteiger partial charge in [0.1, 0.15) is 0 Å². The highest BCUT2D eigenvalue weighted by molar-refractivity contribution is 6.11. The molecule has 49 heavy (non-hydrogen) atoms. The third kappa shape index (κ3) is 4.94. The molecule has 0 atom stereocenters. The highest BCUT2D eigenvalue weighted by atomic mass is 15.0. The number of nitriles is 1. The average Bonchev–Trinajstić information content (AvgIpc) is 3.59. The van der Waals surface area contributed by atoms with Gasteiger partial charge >= 0.3 is 0 Å². The minimum Gasteiger partial charge on any atom is -0.309 e. The Morgan fingerprint density at radius 2 is 0.980 bits per heavy atom. The summed E-state index contributed by atoms with van der Waals surface area (Å²) in [4.78, 5) is 0. The number of nitrogens with zero attached hydrogens (tertiary/aromatic N) is 3. The standard InChI is InChI=1S/C46H41N3/c1-29-16-21-41(48-39-14-10-8-12-33(39)37-26-31(45(2,3)4)18-22-42(37)48)36(24-29)35-20-17-30(28-47)25-44(35)49-40-15-11-9-13-34(40)38-27-32(46(5,6)7)19-23-43(38)49/h8-27H,1-7H3. The first-order valence-corrected chi connectivity index (χ1v) is 17.2. The van der Waals surface area contributed by atoms with Crippen LogP contribution in [-0.2, 0) is 10.8 Å². The van der Waals surface area contributed by atoms with Crippen LogP contribution in [0.5, 0.6) is 0 Å². The predicted molar refractivity (Wildman–Crippen MR) is 207 cm³/mol. The molecule has 0 saturated heterocycles. The van der Waals surface area contributed by atoms with Gasteiger partial charge in [0.05, 0.1) is 45.1 Å². The molecule has 3 heteroatoms. The van der Waals surface area contributed by atoms with Gasteiger partial charge in [-0.1, -0.05) is 108 Å². The summed E-state index contributed by atoms with van der Waals surface area (Å²) in [5, 5.41) is 15.1. The number of benzene rings is 6. The van der Waals surface area contributed by atoms with E-state index in [0.29, 0.717) is 5.56 Å². The normalized spacial score (nSPS) is 12.4. The Kier molecular flexibility index (Phi) is 6.88. The van der Waals surface area contributed by atoms with Crippen LogP contribution in [0.2, 0.25) is 0 Å². The summed E-state index contributed by atoms with van der Waals surface area (Å²) in [7, 11) is 0. The molecule has 0 saturated carbocycles. The molecule has 2 aromatic heterocycles. The molecule has 0 spiro atoms. The molecule has 0 unspecified atom stereocenters. The van der Waals surface area contributed by atoms with E-state index in [1.807, 2.05) is 6.07 Å². The molecule has 3 nitrogen and oxygen atoms in total. The van der Waals surface area contributed by atoms with Crippen LogP contribution in [0.1, 0.15) is 63.8 Å². The summed E-state index contributed by atoms with van der Waals surface area (Å²) in [5.74, 6) is 0. The lowest BCUT2D eigenvalue weighted by Crippen LogP contribution is -2.10. The minimum atomic E-state index is 0.0235.